The second-order valence-corrected chi connectivity index (χ2v) is 8.11. The molecule has 31 heavy (non-hydrogen) atoms. The minimum absolute atomic E-state index is 0.0622. The molecule has 0 saturated carbocycles. The molecule has 0 aliphatic heterocycles. The normalized spacial score (nSPS) is 13.6. The van der Waals surface area contributed by atoms with Crippen LogP contribution in [0.25, 0.3) is 11.1 Å². The number of aliphatic carboxylic acids is 1. The van der Waals surface area contributed by atoms with Crippen molar-refractivity contribution in [3.63, 3.8) is 0 Å². The number of ether oxygens (including phenoxy) is 1. The van der Waals surface area contributed by atoms with Crippen LogP contribution >= 0.6 is 0 Å². The molecule has 2 amide bonds. The van der Waals surface area contributed by atoms with E-state index in [9.17, 15) is 14.4 Å². The third kappa shape index (κ3) is 4.86. The standard InChI is InChI=1S/C23H26N2O6/c1-23(2,21(29)25-19(11-26)20(27)28)13-24-22(30)31-12-18-16-9-5-3-7-14(16)15-8-4-6-10-17(15)18/h3-10,18-19,26H,11-13H2,1-2H3,(H,24,30)(H,25,29)(H,27,28). The van der Waals surface area contributed by atoms with Crippen molar-refractivity contribution in [2.75, 3.05) is 19.8 Å². The van der Waals surface area contributed by atoms with E-state index in [1.807, 2.05) is 48.5 Å². The number of hydrogen-bond acceptors (Lipinski definition) is 5. The summed E-state index contributed by atoms with van der Waals surface area (Å²) in [5, 5.41) is 22.8. The number of carbonyl (C=O) groups excluding carboxylic acids is 2. The van der Waals surface area contributed by atoms with E-state index in [0.29, 0.717) is 0 Å². The number of aliphatic hydroxyl groups is 1. The van der Waals surface area contributed by atoms with Crippen LogP contribution in [-0.2, 0) is 14.3 Å². The summed E-state index contributed by atoms with van der Waals surface area (Å²) in [6.07, 6.45) is -0.667. The topological polar surface area (TPSA) is 125 Å². The van der Waals surface area contributed by atoms with Gasteiger partial charge >= 0.3 is 12.1 Å². The van der Waals surface area contributed by atoms with E-state index in [0.717, 1.165) is 22.3 Å². The number of amides is 2. The summed E-state index contributed by atoms with van der Waals surface area (Å²) >= 11 is 0. The van der Waals surface area contributed by atoms with E-state index in [1.54, 1.807) is 13.8 Å². The van der Waals surface area contributed by atoms with Gasteiger partial charge < -0.3 is 25.6 Å². The largest absolute Gasteiger partial charge is 0.480 e. The molecule has 0 spiro atoms. The highest BCUT2D eigenvalue weighted by molar-refractivity contribution is 5.87. The van der Waals surface area contributed by atoms with Crippen LogP contribution in [0, 0.1) is 5.41 Å². The molecule has 4 N–H and O–H groups in total. The van der Waals surface area contributed by atoms with Gasteiger partial charge in [0, 0.05) is 12.5 Å². The lowest BCUT2D eigenvalue weighted by molar-refractivity contribution is -0.144. The van der Waals surface area contributed by atoms with Crippen LogP contribution in [-0.4, -0.2) is 54.0 Å². The van der Waals surface area contributed by atoms with Gasteiger partial charge in [0.25, 0.3) is 0 Å². The maximum atomic E-state index is 12.3. The van der Waals surface area contributed by atoms with E-state index in [2.05, 4.69) is 10.6 Å². The molecule has 8 heteroatoms. The Morgan fingerprint density at radius 1 is 1.03 bits per heavy atom. The Bertz CT molecular complexity index is 942. The summed E-state index contributed by atoms with van der Waals surface area (Å²) in [6.45, 7) is 2.48. The molecular weight excluding hydrogens is 400 g/mol. The summed E-state index contributed by atoms with van der Waals surface area (Å²) in [5.41, 5.74) is 3.34. The molecule has 0 bridgehead atoms. The maximum Gasteiger partial charge on any atom is 0.407 e. The molecule has 0 saturated heterocycles. The van der Waals surface area contributed by atoms with Crippen LogP contribution in [0.4, 0.5) is 4.79 Å². The first-order valence-corrected chi connectivity index (χ1v) is 9.98. The van der Waals surface area contributed by atoms with Gasteiger partial charge in [0.15, 0.2) is 0 Å². The molecule has 1 atom stereocenters. The van der Waals surface area contributed by atoms with Crippen molar-refractivity contribution in [3.8, 4) is 11.1 Å². The fraction of sp³-hybridized carbons (Fsp3) is 0.348. The molecule has 1 aliphatic carbocycles. The third-order valence-electron chi connectivity index (χ3n) is 5.42. The van der Waals surface area contributed by atoms with Gasteiger partial charge in [0.2, 0.25) is 5.91 Å². The second-order valence-electron chi connectivity index (χ2n) is 8.11. The number of aliphatic hydroxyl groups excluding tert-OH is 1. The number of rotatable bonds is 8. The van der Waals surface area contributed by atoms with E-state index in [1.165, 1.54) is 0 Å². The van der Waals surface area contributed by atoms with Crippen molar-refractivity contribution in [1.29, 1.82) is 0 Å². The SMILES string of the molecule is CC(C)(CNC(=O)OCC1c2ccccc2-c2ccccc21)C(=O)NC(CO)C(=O)O. The van der Waals surface area contributed by atoms with Gasteiger partial charge in [-0.2, -0.15) is 0 Å². The van der Waals surface area contributed by atoms with Gasteiger partial charge in [0.05, 0.1) is 12.0 Å². The highest BCUT2D eigenvalue weighted by Crippen LogP contribution is 2.44. The second kappa shape index (κ2) is 9.18. The third-order valence-corrected chi connectivity index (χ3v) is 5.42. The first-order chi connectivity index (χ1) is 14.7. The number of alkyl carbamates (subject to hydrolysis) is 1. The van der Waals surface area contributed by atoms with Crippen molar-refractivity contribution >= 4 is 18.0 Å². The van der Waals surface area contributed by atoms with Crippen LogP contribution in [0.5, 0.6) is 0 Å². The average molecular weight is 426 g/mol. The highest BCUT2D eigenvalue weighted by Gasteiger charge is 2.32. The summed E-state index contributed by atoms with van der Waals surface area (Å²) in [5.74, 6) is -2.01. The van der Waals surface area contributed by atoms with Gasteiger partial charge in [-0.05, 0) is 36.1 Å². The minimum Gasteiger partial charge on any atom is -0.480 e. The van der Waals surface area contributed by atoms with E-state index in [4.69, 9.17) is 14.9 Å². The van der Waals surface area contributed by atoms with Crippen LogP contribution in [0.15, 0.2) is 48.5 Å². The Labute approximate surface area is 180 Å². The lowest BCUT2D eigenvalue weighted by Crippen LogP contribution is -2.51. The number of carbonyl (C=O) groups is 3. The average Bonchev–Trinajstić information content (AvgIpc) is 3.08. The Balaban J connectivity index is 1.57. The Hall–Kier alpha value is -3.39. The summed E-state index contributed by atoms with van der Waals surface area (Å²) in [4.78, 5) is 35.6. The molecule has 164 valence electrons. The first kappa shape index (κ1) is 22.3. The molecule has 3 rings (SSSR count). The number of benzene rings is 2. The summed E-state index contributed by atoms with van der Waals surface area (Å²) < 4.78 is 5.44. The molecule has 0 heterocycles. The Morgan fingerprint density at radius 3 is 2.10 bits per heavy atom. The predicted molar refractivity (Wildman–Crippen MR) is 114 cm³/mol. The molecule has 8 nitrogen and oxygen atoms in total. The maximum absolute atomic E-state index is 12.3. The van der Waals surface area contributed by atoms with Gasteiger partial charge in [-0.25, -0.2) is 9.59 Å². The van der Waals surface area contributed by atoms with Gasteiger partial charge in [-0.3, -0.25) is 4.79 Å². The van der Waals surface area contributed by atoms with Crippen LogP contribution in [0.1, 0.15) is 30.9 Å². The van der Waals surface area contributed by atoms with Crippen molar-refractivity contribution in [2.45, 2.75) is 25.8 Å². The molecule has 2 aromatic rings. The van der Waals surface area contributed by atoms with Crippen LogP contribution in [0.3, 0.4) is 0 Å². The molecule has 0 aromatic heterocycles. The Kier molecular flexibility index (Phi) is 6.60. The number of fused-ring (bicyclic) bond motifs is 3. The smallest absolute Gasteiger partial charge is 0.407 e. The first-order valence-electron chi connectivity index (χ1n) is 9.98. The number of hydrogen-bond donors (Lipinski definition) is 4. The molecule has 1 unspecified atom stereocenters. The van der Waals surface area contributed by atoms with Crippen LogP contribution < -0.4 is 10.6 Å². The molecule has 0 radical (unpaired) electrons. The quantitative estimate of drug-likeness (QED) is 0.512. The molecular formula is C23H26N2O6. The van der Waals surface area contributed by atoms with E-state index < -0.39 is 36.0 Å². The van der Waals surface area contributed by atoms with E-state index >= 15 is 0 Å². The fourth-order valence-electron chi connectivity index (χ4n) is 3.56. The lowest BCUT2D eigenvalue weighted by atomic mass is 9.92. The Morgan fingerprint density at radius 2 is 1.58 bits per heavy atom. The number of carboxylic acid groups (broad SMARTS) is 1. The number of nitrogens with one attached hydrogen (secondary N) is 2. The van der Waals surface area contributed by atoms with E-state index in [-0.39, 0.29) is 19.1 Å². The molecule has 0 fully saturated rings. The highest BCUT2D eigenvalue weighted by atomic mass is 16.5. The van der Waals surface area contributed by atoms with Crippen molar-refractivity contribution in [2.24, 2.45) is 5.41 Å². The van der Waals surface area contributed by atoms with Crippen molar-refractivity contribution < 1.29 is 29.3 Å². The minimum atomic E-state index is -1.40. The zero-order chi connectivity index (χ0) is 22.6. The molecule has 2 aromatic carbocycles. The monoisotopic (exact) mass is 426 g/mol. The molecule has 1 aliphatic rings. The van der Waals surface area contributed by atoms with Gasteiger partial charge in [-0.15, -0.1) is 0 Å². The van der Waals surface area contributed by atoms with Crippen molar-refractivity contribution in [1.82, 2.24) is 10.6 Å². The summed E-state index contributed by atoms with van der Waals surface area (Å²) in [6, 6.07) is 14.6. The zero-order valence-corrected chi connectivity index (χ0v) is 17.4. The fourth-order valence-corrected chi connectivity index (χ4v) is 3.56. The van der Waals surface area contributed by atoms with Gasteiger partial charge in [0.1, 0.15) is 12.6 Å². The predicted octanol–water partition coefficient (Wildman–Crippen LogP) is 2.11. The van der Waals surface area contributed by atoms with Crippen LogP contribution in [0.2, 0.25) is 0 Å². The van der Waals surface area contributed by atoms with Crippen molar-refractivity contribution in [3.05, 3.63) is 59.7 Å². The zero-order valence-electron chi connectivity index (χ0n) is 17.4. The lowest BCUT2D eigenvalue weighted by Gasteiger charge is -2.25. The van der Waals surface area contributed by atoms with Gasteiger partial charge in [-0.1, -0.05) is 48.5 Å². The number of carboxylic acids is 1. The summed E-state index contributed by atoms with van der Waals surface area (Å²) in [7, 11) is 0.